The quantitative estimate of drug-likeness (QED) is 0.137. The minimum Gasteiger partial charge on any atom is -0.390 e. The lowest BCUT2D eigenvalue weighted by Crippen LogP contribution is -2.56. The average molecular weight is 589 g/mol. The monoisotopic (exact) mass is 588 g/mol. The lowest BCUT2D eigenvalue weighted by atomic mass is 9.57. The van der Waals surface area contributed by atoms with Gasteiger partial charge in [0.05, 0.1) is 24.9 Å². The largest absolute Gasteiger partial charge is 0.390 e. The molecule has 42 heavy (non-hydrogen) atoms. The first-order chi connectivity index (χ1) is 19.7. The number of Topliss-reactive ketones (excluding diaryl/α,β-unsaturated/α-hetero) is 1. The lowest BCUT2D eigenvalue weighted by Gasteiger charge is -2.50. The van der Waals surface area contributed by atoms with Gasteiger partial charge in [0.25, 0.3) is 5.91 Å². The van der Waals surface area contributed by atoms with Gasteiger partial charge < -0.3 is 25.6 Å². The highest BCUT2D eigenvalue weighted by molar-refractivity contribution is 6.06. The van der Waals surface area contributed by atoms with E-state index in [1.54, 1.807) is 25.2 Å². The SMILES string of the molecule is C=C(C)C(=O)NCC(=O)NCC(=O)N/N=C1\C=C[C@@]2(C)C(=C1)CCC[C@]2(F)[C@@H](O)C[C@]12O[C@]1(C(=O)CO)[C@H](C)C[C@H]2C. The van der Waals surface area contributed by atoms with Crippen LogP contribution >= 0.6 is 0 Å². The van der Waals surface area contributed by atoms with Gasteiger partial charge in [0.15, 0.2) is 11.4 Å². The maximum absolute atomic E-state index is 17.0. The van der Waals surface area contributed by atoms with Crippen LogP contribution in [0.2, 0.25) is 0 Å². The van der Waals surface area contributed by atoms with Crippen molar-refractivity contribution in [1.29, 1.82) is 0 Å². The number of allylic oxidation sites excluding steroid dienone is 4. The van der Waals surface area contributed by atoms with Crippen molar-refractivity contribution in [2.24, 2.45) is 22.4 Å². The van der Waals surface area contributed by atoms with Gasteiger partial charge in [0, 0.05) is 17.4 Å². The van der Waals surface area contributed by atoms with Gasteiger partial charge >= 0.3 is 0 Å². The summed E-state index contributed by atoms with van der Waals surface area (Å²) < 4.78 is 23.1. The zero-order valence-electron chi connectivity index (χ0n) is 24.6. The second kappa shape index (κ2) is 11.5. The molecule has 1 heterocycles. The number of halogens is 1. The first kappa shape index (κ1) is 31.7. The van der Waals surface area contributed by atoms with Gasteiger partial charge in [-0.25, -0.2) is 9.82 Å². The van der Waals surface area contributed by atoms with Crippen LogP contribution in [0, 0.1) is 17.3 Å². The van der Waals surface area contributed by atoms with Crippen molar-refractivity contribution >= 4 is 29.2 Å². The van der Waals surface area contributed by atoms with Gasteiger partial charge in [-0.1, -0.05) is 32.1 Å². The van der Waals surface area contributed by atoms with Crippen molar-refractivity contribution in [1.82, 2.24) is 16.1 Å². The van der Waals surface area contributed by atoms with E-state index in [2.05, 4.69) is 27.7 Å². The van der Waals surface area contributed by atoms with Crippen molar-refractivity contribution < 1.29 is 38.5 Å². The number of nitrogens with zero attached hydrogens (tertiary/aromatic N) is 1. The van der Waals surface area contributed by atoms with Crippen LogP contribution in [0.15, 0.2) is 41.1 Å². The van der Waals surface area contributed by atoms with E-state index in [0.29, 0.717) is 30.5 Å². The van der Waals surface area contributed by atoms with Crippen molar-refractivity contribution in [3.63, 3.8) is 0 Å². The summed E-state index contributed by atoms with van der Waals surface area (Å²) in [5.74, 6) is -2.28. The van der Waals surface area contributed by atoms with Gasteiger partial charge in [-0.05, 0) is 63.5 Å². The number of rotatable bonds is 11. The molecule has 0 spiro atoms. The summed E-state index contributed by atoms with van der Waals surface area (Å²) in [6, 6.07) is 0. The number of aliphatic hydroxyl groups is 2. The molecule has 5 N–H and O–H groups in total. The second-order valence-corrected chi connectivity index (χ2v) is 12.3. The minimum absolute atomic E-state index is 0.0585. The number of amides is 3. The van der Waals surface area contributed by atoms with Gasteiger partial charge in [-0.3, -0.25) is 19.2 Å². The third kappa shape index (κ3) is 5.13. The molecule has 0 aromatic carbocycles. The topological polar surface area (TPSA) is 170 Å². The molecule has 0 radical (unpaired) electrons. The number of carbonyl (C=O) groups excluding carboxylic acids is 4. The predicted molar refractivity (Wildman–Crippen MR) is 152 cm³/mol. The molecule has 7 atom stereocenters. The molecule has 0 aromatic rings. The average Bonchev–Trinajstić information content (AvgIpc) is 3.59. The molecule has 11 nitrogen and oxygen atoms in total. The number of nitrogens with one attached hydrogen (secondary N) is 3. The van der Waals surface area contributed by atoms with Crippen LogP contribution in [-0.4, -0.2) is 82.1 Å². The molecule has 1 aliphatic heterocycles. The number of ketones is 1. The Morgan fingerprint density at radius 2 is 1.88 bits per heavy atom. The van der Waals surface area contributed by atoms with Crippen LogP contribution in [0.3, 0.4) is 0 Å². The van der Waals surface area contributed by atoms with E-state index in [1.807, 2.05) is 13.8 Å². The molecule has 3 fully saturated rings. The Morgan fingerprint density at radius 3 is 2.55 bits per heavy atom. The normalized spacial score (nSPS) is 36.3. The number of ether oxygens (including phenoxy) is 1. The van der Waals surface area contributed by atoms with Crippen LogP contribution in [0.1, 0.15) is 59.8 Å². The van der Waals surface area contributed by atoms with Gasteiger partial charge in [0.1, 0.15) is 17.9 Å². The number of epoxide rings is 1. The molecule has 0 bridgehead atoms. The molecule has 2 saturated carbocycles. The zero-order valence-corrected chi connectivity index (χ0v) is 24.6. The molecule has 4 aliphatic rings. The minimum atomic E-state index is -2.05. The molecule has 230 valence electrons. The summed E-state index contributed by atoms with van der Waals surface area (Å²) in [6.45, 7) is 9.20. The van der Waals surface area contributed by atoms with E-state index in [-0.39, 0.29) is 43.3 Å². The highest BCUT2D eigenvalue weighted by Gasteiger charge is 2.82. The lowest BCUT2D eigenvalue weighted by molar-refractivity contribution is -0.128. The fourth-order valence-corrected chi connectivity index (χ4v) is 7.23. The molecule has 12 heteroatoms. The van der Waals surface area contributed by atoms with E-state index in [4.69, 9.17) is 4.74 Å². The Hall–Kier alpha value is -3.22. The number of aliphatic hydroxyl groups excluding tert-OH is 2. The first-order valence-electron chi connectivity index (χ1n) is 14.4. The predicted octanol–water partition coefficient (Wildman–Crippen LogP) is 1.16. The molecule has 1 saturated heterocycles. The smallest absolute Gasteiger partial charge is 0.259 e. The first-order valence-corrected chi connectivity index (χ1v) is 14.4. The Morgan fingerprint density at radius 1 is 1.19 bits per heavy atom. The molecule has 0 aromatic heterocycles. The third-order valence-electron chi connectivity index (χ3n) is 9.69. The number of carbonyl (C=O) groups is 4. The molecule has 0 unspecified atom stereocenters. The number of hydrogen-bond acceptors (Lipinski definition) is 8. The second-order valence-electron chi connectivity index (χ2n) is 12.3. The molecule has 3 amide bonds. The number of hydrazone groups is 1. The maximum atomic E-state index is 17.0. The number of hydrogen-bond donors (Lipinski definition) is 5. The van der Waals surface area contributed by atoms with Crippen molar-refractivity contribution in [3.05, 3.63) is 36.0 Å². The summed E-state index contributed by atoms with van der Waals surface area (Å²) in [4.78, 5) is 48.2. The maximum Gasteiger partial charge on any atom is 0.259 e. The molecular weight excluding hydrogens is 547 g/mol. The van der Waals surface area contributed by atoms with E-state index in [1.165, 1.54) is 6.92 Å². The van der Waals surface area contributed by atoms with Crippen molar-refractivity contribution in [3.8, 4) is 0 Å². The van der Waals surface area contributed by atoms with E-state index >= 15 is 4.39 Å². The van der Waals surface area contributed by atoms with Gasteiger partial charge in [-0.15, -0.1) is 0 Å². The Kier molecular flexibility index (Phi) is 8.65. The van der Waals surface area contributed by atoms with Crippen LogP contribution in [0.4, 0.5) is 4.39 Å². The third-order valence-corrected chi connectivity index (χ3v) is 9.69. The molecular formula is C30H41FN4O7. The highest BCUT2D eigenvalue weighted by atomic mass is 19.1. The van der Waals surface area contributed by atoms with E-state index in [9.17, 15) is 29.4 Å². The number of fused-ring (bicyclic) bond motifs is 2. The Bertz CT molecular complexity index is 1280. The van der Waals surface area contributed by atoms with E-state index < -0.39 is 58.5 Å². The molecule has 3 aliphatic carbocycles. The van der Waals surface area contributed by atoms with E-state index in [0.717, 1.165) is 0 Å². The van der Waals surface area contributed by atoms with Crippen LogP contribution in [0.25, 0.3) is 0 Å². The summed E-state index contributed by atoms with van der Waals surface area (Å²) in [5.41, 5.74) is -1.70. The summed E-state index contributed by atoms with van der Waals surface area (Å²) in [5, 5.41) is 29.9. The van der Waals surface area contributed by atoms with Crippen molar-refractivity contribution in [2.75, 3.05) is 19.7 Å². The summed E-state index contributed by atoms with van der Waals surface area (Å²) >= 11 is 0. The Balaban J connectivity index is 1.40. The van der Waals surface area contributed by atoms with Gasteiger partial charge in [-0.2, -0.15) is 5.10 Å². The highest BCUT2D eigenvalue weighted by Crippen LogP contribution is 2.68. The fraction of sp³-hybridized carbons (Fsp3) is 0.633. The fourth-order valence-electron chi connectivity index (χ4n) is 7.23. The molecule has 4 rings (SSSR count). The standard InChI is InChI=1S/C30H41FN4O7/c1-17(2)26(41)33-14-24(39)32-15-25(40)35-34-21-8-10-27(5)20(12-21)7-6-9-28(27,31)22(37)13-29-18(3)11-19(4)30(29,42-29)23(38)16-36/h8,10,12,18-19,22,36-37H,1,6-7,9,11,13-16H2,2-5H3,(H,32,39)(H,33,41)(H,35,40)/b34-21+/t18-,19-,22+,27+,28+,29-,30+/m1/s1. The Labute approximate surface area is 244 Å². The van der Waals surface area contributed by atoms with Crippen LogP contribution in [0.5, 0.6) is 0 Å². The zero-order chi connectivity index (χ0) is 31.1. The summed E-state index contributed by atoms with van der Waals surface area (Å²) in [6.07, 6.45) is 5.28. The van der Waals surface area contributed by atoms with Crippen LogP contribution < -0.4 is 16.1 Å². The summed E-state index contributed by atoms with van der Waals surface area (Å²) in [7, 11) is 0. The number of alkyl halides is 1. The van der Waals surface area contributed by atoms with Crippen LogP contribution in [-0.2, 0) is 23.9 Å². The van der Waals surface area contributed by atoms with Gasteiger partial charge in [0.2, 0.25) is 11.8 Å². The van der Waals surface area contributed by atoms with Crippen molar-refractivity contribution in [2.45, 2.75) is 82.8 Å².